The Hall–Kier alpha value is -2.36. The molecule has 256 valence electrons. The highest BCUT2D eigenvalue weighted by molar-refractivity contribution is 5.70. The van der Waals surface area contributed by atoms with Crippen LogP contribution in [0.25, 0.3) is 0 Å². The van der Waals surface area contributed by atoms with Crippen molar-refractivity contribution in [2.24, 2.45) is 0 Å². The van der Waals surface area contributed by atoms with E-state index in [4.69, 9.17) is 25.4 Å². The molecule has 0 aliphatic carbocycles. The maximum Gasteiger partial charge on any atom is 0.306 e. The number of benzene rings is 1. The standard InChI is InChI=1S/C39H64O6/c1-3-4-5-6-7-8-9-10-11-13-16-19-25-30-38(40)44-35-37(34-43-33-36-28-23-22-24-29-36)45-39(41)31-26-20-17-14-12-15-18-21-27-32-42-2/h1,22-24,28-29,37H,4-21,25-27,30-35H2,2H3/t37-/m0/s1. The molecule has 1 aromatic rings. The Kier molecular flexibility index (Phi) is 28.6. The predicted molar refractivity (Wildman–Crippen MR) is 184 cm³/mol. The van der Waals surface area contributed by atoms with Gasteiger partial charge in [0.05, 0.1) is 13.2 Å². The van der Waals surface area contributed by atoms with E-state index in [9.17, 15) is 9.59 Å². The van der Waals surface area contributed by atoms with Crippen LogP contribution in [-0.4, -0.2) is 45.0 Å². The molecule has 1 aromatic carbocycles. The fourth-order valence-electron chi connectivity index (χ4n) is 5.34. The van der Waals surface area contributed by atoms with Gasteiger partial charge in [0.1, 0.15) is 6.61 Å². The minimum absolute atomic E-state index is 0.0342. The summed E-state index contributed by atoms with van der Waals surface area (Å²) in [5.41, 5.74) is 1.05. The van der Waals surface area contributed by atoms with Gasteiger partial charge < -0.3 is 18.9 Å². The number of hydrogen-bond acceptors (Lipinski definition) is 6. The summed E-state index contributed by atoms with van der Waals surface area (Å²) in [6.45, 7) is 1.51. The number of terminal acetylenes is 1. The largest absolute Gasteiger partial charge is 0.462 e. The van der Waals surface area contributed by atoms with Gasteiger partial charge in [0.15, 0.2) is 6.10 Å². The van der Waals surface area contributed by atoms with Crippen LogP contribution >= 0.6 is 0 Å². The second-order valence-corrected chi connectivity index (χ2v) is 12.3. The lowest BCUT2D eigenvalue weighted by Crippen LogP contribution is -2.29. The van der Waals surface area contributed by atoms with Crippen molar-refractivity contribution in [1.29, 1.82) is 0 Å². The SMILES string of the molecule is C#CCCCCCCCCCCCCCC(=O)OC[C@H](COCc1ccccc1)OC(=O)CCCCCCCCCCCOC. The Bertz CT molecular complexity index is 849. The number of methoxy groups -OCH3 is 1. The van der Waals surface area contributed by atoms with E-state index < -0.39 is 6.10 Å². The van der Waals surface area contributed by atoms with E-state index in [1.165, 1.54) is 77.0 Å². The van der Waals surface area contributed by atoms with Crippen LogP contribution in [0.2, 0.25) is 0 Å². The predicted octanol–water partition coefficient (Wildman–Crippen LogP) is 9.91. The number of ether oxygens (including phenoxy) is 4. The van der Waals surface area contributed by atoms with Crippen molar-refractivity contribution < 1.29 is 28.5 Å². The van der Waals surface area contributed by atoms with Crippen LogP contribution in [0.3, 0.4) is 0 Å². The van der Waals surface area contributed by atoms with Gasteiger partial charge in [-0.25, -0.2) is 0 Å². The molecular formula is C39H64O6. The molecule has 45 heavy (non-hydrogen) atoms. The van der Waals surface area contributed by atoms with Gasteiger partial charge in [0, 0.05) is 33.0 Å². The Morgan fingerprint density at radius 2 is 1.13 bits per heavy atom. The fraction of sp³-hybridized carbons (Fsp3) is 0.744. The molecule has 0 unspecified atom stereocenters. The highest BCUT2D eigenvalue weighted by Crippen LogP contribution is 2.14. The van der Waals surface area contributed by atoms with Gasteiger partial charge in [-0.2, -0.15) is 0 Å². The molecule has 0 N–H and O–H groups in total. The molecule has 0 radical (unpaired) electrons. The number of rotatable bonds is 32. The van der Waals surface area contributed by atoms with E-state index >= 15 is 0 Å². The zero-order chi connectivity index (χ0) is 32.5. The Morgan fingerprint density at radius 3 is 1.67 bits per heavy atom. The molecule has 0 aliphatic rings. The number of carbonyl (C=O) groups excluding carboxylic acids is 2. The van der Waals surface area contributed by atoms with E-state index in [1.54, 1.807) is 7.11 Å². The molecule has 0 aliphatic heterocycles. The topological polar surface area (TPSA) is 71.1 Å². The summed E-state index contributed by atoms with van der Waals surface area (Å²) >= 11 is 0. The van der Waals surface area contributed by atoms with Crippen LogP contribution in [0, 0.1) is 12.3 Å². The number of carbonyl (C=O) groups is 2. The van der Waals surface area contributed by atoms with E-state index in [2.05, 4.69) is 5.92 Å². The average Bonchev–Trinajstić information content (AvgIpc) is 3.05. The minimum Gasteiger partial charge on any atom is -0.462 e. The summed E-state index contributed by atoms with van der Waals surface area (Å²) in [5, 5.41) is 0. The second kappa shape index (κ2) is 31.6. The van der Waals surface area contributed by atoms with Crippen LogP contribution in [0.5, 0.6) is 0 Å². The van der Waals surface area contributed by atoms with Crippen molar-refractivity contribution >= 4 is 11.9 Å². The number of esters is 2. The molecule has 0 spiro atoms. The van der Waals surface area contributed by atoms with E-state index in [1.807, 2.05) is 30.3 Å². The molecule has 6 nitrogen and oxygen atoms in total. The van der Waals surface area contributed by atoms with E-state index in [0.29, 0.717) is 19.4 Å². The van der Waals surface area contributed by atoms with Crippen molar-refractivity contribution in [3.8, 4) is 12.3 Å². The first-order chi connectivity index (χ1) is 22.2. The monoisotopic (exact) mass is 628 g/mol. The summed E-state index contributed by atoms with van der Waals surface area (Å²) in [5.74, 6) is 2.22. The molecule has 0 heterocycles. The molecule has 0 aromatic heterocycles. The summed E-state index contributed by atoms with van der Waals surface area (Å²) in [4.78, 5) is 25.0. The van der Waals surface area contributed by atoms with Gasteiger partial charge in [-0.15, -0.1) is 12.3 Å². The van der Waals surface area contributed by atoms with Crippen molar-refractivity contribution in [1.82, 2.24) is 0 Å². The van der Waals surface area contributed by atoms with Crippen molar-refractivity contribution in [2.45, 2.75) is 160 Å². The summed E-state index contributed by atoms with van der Waals surface area (Å²) < 4.78 is 22.1. The second-order valence-electron chi connectivity index (χ2n) is 12.3. The number of hydrogen-bond donors (Lipinski definition) is 0. The zero-order valence-corrected chi connectivity index (χ0v) is 28.6. The molecule has 0 amide bonds. The third kappa shape index (κ3) is 27.7. The molecule has 0 bridgehead atoms. The van der Waals surface area contributed by atoms with E-state index in [0.717, 1.165) is 70.0 Å². The fourth-order valence-corrected chi connectivity index (χ4v) is 5.34. The smallest absolute Gasteiger partial charge is 0.306 e. The lowest BCUT2D eigenvalue weighted by molar-refractivity contribution is -0.163. The Morgan fingerprint density at radius 1 is 0.644 bits per heavy atom. The number of unbranched alkanes of at least 4 members (excludes halogenated alkanes) is 19. The Labute approximate surface area is 275 Å². The van der Waals surface area contributed by atoms with Crippen molar-refractivity contribution in [3.05, 3.63) is 35.9 Å². The van der Waals surface area contributed by atoms with Crippen LogP contribution in [-0.2, 0) is 35.1 Å². The van der Waals surface area contributed by atoms with Crippen molar-refractivity contribution in [2.75, 3.05) is 26.9 Å². The van der Waals surface area contributed by atoms with Crippen LogP contribution in [0.1, 0.15) is 153 Å². The normalized spacial score (nSPS) is 11.6. The quantitative estimate of drug-likeness (QED) is 0.0449. The maximum atomic E-state index is 12.6. The van der Waals surface area contributed by atoms with Gasteiger partial charge in [-0.05, 0) is 31.2 Å². The van der Waals surface area contributed by atoms with Crippen LogP contribution in [0.15, 0.2) is 30.3 Å². The highest BCUT2D eigenvalue weighted by atomic mass is 16.6. The van der Waals surface area contributed by atoms with Gasteiger partial charge >= 0.3 is 11.9 Å². The molecule has 6 heteroatoms. The Balaban J connectivity index is 2.19. The first-order valence-corrected chi connectivity index (χ1v) is 18.0. The zero-order valence-electron chi connectivity index (χ0n) is 28.6. The maximum absolute atomic E-state index is 12.6. The average molecular weight is 629 g/mol. The van der Waals surface area contributed by atoms with Crippen LogP contribution in [0.4, 0.5) is 0 Å². The molecule has 1 rings (SSSR count). The minimum atomic E-state index is -0.597. The third-order valence-electron chi connectivity index (χ3n) is 8.08. The van der Waals surface area contributed by atoms with Gasteiger partial charge in [-0.1, -0.05) is 133 Å². The summed E-state index contributed by atoms with van der Waals surface area (Å²) in [6, 6.07) is 9.88. The summed E-state index contributed by atoms with van der Waals surface area (Å²) in [6.07, 6.45) is 29.8. The van der Waals surface area contributed by atoms with E-state index in [-0.39, 0.29) is 25.2 Å². The lowest BCUT2D eigenvalue weighted by Gasteiger charge is -2.18. The van der Waals surface area contributed by atoms with Gasteiger partial charge in [0.2, 0.25) is 0 Å². The van der Waals surface area contributed by atoms with Gasteiger partial charge in [-0.3, -0.25) is 9.59 Å². The first-order valence-electron chi connectivity index (χ1n) is 18.0. The van der Waals surface area contributed by atoms with Crippen LogP contribution < -0.4 is 0 Å². The third-order valence-corrected chi connectivity index (χ3v) is 8.08. The molecule has 0 fully saturated rings. The lowest BCUT2D eigenvalue weighted by atomic mass is 10.0. The highest BCUT2D eigenvalue weighted by Gasteiger charge is 2.17. The molecule has 0 saturated heterocycles. The molecule has 1 atom stereocenters. The molecular weight excluding hydrogens is 564 g/mol. The first kappa shape index (κ1) is 40.7. The van der Waals surface area contributed by atoms with Crippen molar-refractivity contribution in [3.63, 3.8) is 0 Å². The van der Waals surface area contributed by atoms with Gasteiger partial charge in [0.25, 0.3) is 0 Å². The molecule has 0 saturated carbocycles. The summed E-state index contributed by atoms with van der Waals surface area (Å²) in [7, 11) is 1.75.